The van der Waals surface area contributed by atoms with Gasteiger partial charge in [-0.3, -0.25) is 9.59 Å². The molecule has 1 atom stereocenters. The smallest absolute Gasteiger partial charge is 0.255 e. The van der Waals surface area contributed by atoms with Gasteiger partial charge in [-0.05, 0) is 26.3 Å². The summed E-state index contributed by atoms with van der Waals surface area (Å²) in [6, 6.07) is 0.545. The number of nitrogens with one attached hydrogen (secondary N) is 3. The average molecular weight is 296 g/mol. The van der Waals surface area contributed by atoms with Gasteiger partial charge in [0.25, 0.3) is 5.91 Å². The lowest BCUT2D eigenvalue weighted by Gasteiger charge is -2.14. The quantitative estimate of drug-likeness (QED) is 0.708. The van der Waals surface area contributed by atoms with E-state index in [0.717, 1.165) is 6.42 Å². The van der Waals surface area contributed by atoms with Crippen molar-refractivity contribution in [2.24, 2.45) is 0 Å². The minimum Gasteiger partial charge on any atom is -0.368 e. The summed E-state index contributed by atoms with van der Waals surface area (Å²) in [5.41, 5.74) is -0.139. The van der Waals surface area contributed by atoms with Crippen LogP contribution in [0.2, 0.25) is 0 Å². The fourth-order valence-corrected chi connectivity index (χ4v) is 1.65. The highest BCUT2D eigenvalue weighted by Gasteiger charge is 2.20. The molecule has 0 fully saturated rings. The van der Waals surface area contributed by atoms with Gasteiger partial charge in [0.05, 0.1) is 5.56 Å². The van der Waals surface area contributed by atoms with Crippen molar-refractivity contribution in [3.63, 3.8) is 0 Å². The van der Waals surface area contributed by atoms with Crippen molar-refractivity contribution in [3.8, 4) is 0 Å². The molecule has 0 aliphatic heterocycles. The van der Waals surface area contributed by atoms with Gasteiger partial charge in [0.1, 0.15) is 6.04 Å². The molecule has 1 heterocycles. The van der Waals surface area contributed by atoms with Gasteiger partial charge in [-0.1, -0.05) is 6.92 Å². The molecule has 0 saturated carbocycles. The Hall–Kier alpha value is -2.18. The number of likely N-dealkylation sites (N-methyl/N-ethyl adjacent to an activating group) is 1. The Morgan fingerprint density at radius 3 is 2.71 bits per heavy atom. The molecule has 0 spiro atoms. The van der Waals surface area contributed by atoms with Gasteiger partial charge in [0.2, 0.25) is 5.91 Å². The van der Waals surface area contributed by atoms with Gasteiger partial charge in [-0.15, -0.1) is 0 Å². The first-order chi connectivity index (χ1) is 10.0. The molecular weight excluding hydrogens is 275 g/mol. The number of aromatic nitrogens is 1. The normalized spacial score (nSPS) is 11.6. The van der Waals surface area contributed by atoms with E-state index in [-0.39, 0.29) is 17.3 Å². The zero-order chi connectivity index (χ0) is 15.8. The molecule has 3 N–H and O–H groups in total. The Kier molecular flexibility index (Phi) is 6.58. The third-order valence-corrected chi connectivity index (χ3v) is 2.77. The molecule has 2 amide bonds. The van der Waals surface area contributed by atoms with Crippen LogP contribution >= 0.6 is 0 Å². The summed E-state index contributed by atoms with van der Waals surface area (Å²) in [6.45, 7) is 6.28. The molecule has 0 aromatic carbocycles. The maximum Gasteiger partial charge on any atom is 0.255 e. The van der Waals surface area contributed by atoms with E-state index in [4.69, 9.17) is 0 Å². The van der Waals surface area contributed by atoms with Crippen LogP contribution in [0.15, 0.2) is 12.3 Å². The van der Waals surface area contributed by atoms with E-state index >= 15 is 0 Å². The van der Waals surface area contributed by atoms with Gasteiger partial charge < -0.3 is 16.0 Å². The van der Waals surface area contributed by atoms with E-state index in [0.29, 0.717) is 13.1 Å². The van der Waals surface area contributed by atoms with E-state index in [1.165, 1.54) is 19.2 Å². The predicted octanol–water partition coefficient (Wildman–Crippen LogP) is 1.30. The first-order valence-electron chi connectivity index (χ1n) is 6.98. The van der Waals surface area contributed by atoms with Crippen LogP contribution in [0, 0.1) is 5.82 Å². The minimum atomic E-state index is -0.739. The number of nitrogens with zero attached hydrogens (tertiary/aromatic N) is 1. The molecule has 0 saturated heterocycles. The maximum absolute atomic E-state index is 14.2. The summed E-state index contributed by atoms with van der Waals surface area (Å²) in [4.78, 5) is 27.4. The van der Waals surface area contributed by atoms with Gasteiger partial charge in [0, 0.05) is 19.3 Å². The zero-order valence-corrected chi connectivity index (χ0v) is 12.5. The van der Waals surface area contributed by atoms with Crippen LogP contribution in [0.1, 0.15) is 37.6 Å². The van der Waals surface area contributed by atoms with Crippen molar-refractivity contribution in [2.45, 2.75) is 33.2 Å². The second-order valence-corrected chi connectivity index (χ2v) is 4.54. The number of rotatable bonds is 7. The van der Waals surface area contributed by atoms with Gasteiger partial charge in [-0.2, -0.15) is 0 Å². The lowest BCUT2D eigenvalue weighted by Crippen LogP contribution is -2.44. The molecular formula is C14H21FN4O2. The second-order valence-electron chi connectivity index (χ2n) is 4.54. The number of anilines is 1. The standard InChI is InChI=1S/C14H21FN4O2/c1-4-7-17-12-11(15)10(6-8-18-12)14(21)19-9(3)13(20)16-5-2/h6,8-9H,4-5,7H2,1-3H3,(H,16,20)(H,17,18)(H,19,21). The maximum atomic E-state index is 14.2. The summed E-state index contributed by atoms with van der Waals surface area (Å²) < 4.78 is 14.2. The van der Waals surface area contributed by atoms with Crippen LogP contribution < -0.4 is 16.0 Å². The Bertz CT molecular complexity index is 508. The fraction of sp³-hybridized carbons (Fsp3) is 0.500. The van der Waals surface area contributed by atoms with E-state index in [9.17, 15) is 14.0 Å². The molecule has 0 bridgehead atoms. The highest BCUT2D eigenvalue weighted by Crippen LogP contribution is 2.15. The van der Waals surface area contributed by atoms with Crippen molar-refractivity contribution in [1.29, 1.82) is 0 Å². The van der Waals surface area contributed by atoms with Gasteiger partial charge >= 0.3 is 0 Å². The molecule has 1 aromatic heterocycles. The highest BCUT2D eigenvalue weighted by molar-refractivity contribution is 5.98. The lowest BCUT2D eigenvalue weighted by molar-refractivity contribution is -0.122. The number of hydrogen-bond donors (Lipinski definition) is 3. The molecule has 1 unspecified atom stereocenters. The summed E-state index contributed by atoms with van der Waals surface area (Å²) >= 11 is 0. The zero-order valence-electron chi connectivity index (χ0n) is 12.5. The fourth-order valence-electron chi connectivity index (χ4n) is 1.65. The van der Waals surface area contributed by atoms with Crippen LogP contribution in [0.3, 0.4) is 0 Å². The molecule has 21 heavy (non-hydrogen) atoms. The molecule has 1 rings (SSSR count). The van der Waals surface area contributed by atoms with Crippen molar-refractivity contribution < 1.29 is 14.0 Å². The molecule has 1 aromatic rings. The topological polar surface area (TPSA) is 83.1 Å². The molecule has 0 radical (unpaired) electrons. The Morgan fingerprint density at radius 2 is 2.10 bits per heavy atom. The summed E-state index contributed by atoms with van der Waals surface area (Å²) in [7, 11) is 0. The number of hydrogen-bond acceptors (Lipinski definition) is 4. The summed E-state index contributed by atoms with van der Waals surface area (Å²) in [5.74, 6) is -1.64. The minimum absolute atomic E-state index is 0.0372. The van der Waals surface area contributed by atoms with E-state index < -0.39 is 17.8 Å². The third-order valence-electron chi connectivity index (χ3n) is 2.77. The van der Waals surface area contributed by atoms with Crippen LogP contribution in [-0.2, 0) is 4.79 Å². The van der Waals surface area contributed by atoms with Crippen LogP contribution in [0.4, 0.5) is 10.2 Å². The van der Waals surface area contributed by atoms with Crippen molar-refractivity contribution >= 4 is 17.6 Å². The van der Waals surface area contributed by atoms with Crippen LogP contribution in [0.5, 0.6) is 0 Å². The molecule has 116 valence electrons. The predicted molar refractivity (Wildman–Crippen MR) is 78.6 cm³/mol. The largest absolute Gasteiger partial charge is 0.368 e. The average Bonchev–Trinajstić information content (AvgIpc) is 2.46. The van der Waals surface area contributed by atoms with E-state index in [1.807, 2.05) is 6.92 Å². The third kappa shape index (κ3) is 4.70. The van der Waals surface area contributed by atoms with Crippen LogP contribution in [-0.4, -0.2) is 35.9 Å². The van der Waals surface area contributed by atoms with Gasteiger partial charge in [0.15, 0.2) is 11.6 Å². The summed E-state index contributed by atoms with van der Waals surface area (Å²) in [6.07, 6.45) is 2.17. The van der Waals surface area contributed by atoms with Gasteiger partial charge in [-0.25, -0.2) is 9.37 Å². The highest BCUT2D eigenvalue weighted by atomic mass is 19.1. The number of pyridine rings is 1. The Labute approximate surface area is 123 Å². The molecule has 0 aliphatic rings. The van der Waals surface area contributed by atoms with Crippen molar-refractivity contribution in [2.75, 3.05) is 18.4 Å². The first-order valence-corrected chi connectivity index (χ1v) is 6.98. The first kappa shape index (κ1) is 16.9. The van der Waals surface area contributed by atoms with E-state index in [1.54, 1.807) is 6.92 Å². The Balaban J connectivity index is 2.80. The Morgan fingerprint density at radius 1 is 1.38 bits per heavy atom. The number of carbonyl (C=O) groups is 2. The monoisotopic (exact) mass is 296 g/mol. The number of amides is 2. The SMILES string of the molecule is CCCNc1nccc(C(=O)NC(C)C(=O)NCC)c1F. The van der Waals surface area contributed by atoms with Crippen molar-refractivity contribution in [3.05, 3.63) is 23.6 Å². The van der Waals surface area contributed by atoms with E-state index in [2.05, 4.69) is 20.9 Å². The number of carbonyl (C=O) groups excluding carboxylic acids is 2. The number of halogens is 1. The lowest BCUT2D eigenvalue weighted by atomic mass is 10.2. The van der Waals surface area contributed by atoms with Crippen molar-refractivity contribution in [1.82, 2.24) is 15.6 Å². The summed E-state index contributed by atoms with van der Waals surface area (Å²) in [5, 5.41) is 7.85. The molecule has 7 heteroatoms. The second kappa shape index (κ2) is 8.18. The van der Waals surface area contributed by atoms with Crippen LogP contribution in [0.25, 0.3) is 0 Å². The molecule has 0 aliphatic carbocycles. The molecule has 6 nitrogen and oxygen atoms in total.